The van der Waals surface area contributed by atoms with Crippen molar-refractivity contribution < 1.29 is 13.9 Å². The molecule has 28 heavy (non-hydrogen) atoms. The fraction of sp³-hybridized carbons (Fsp3) is 0.400. The van der Waals surface area contributed by atoms with Crippen molar-refractivity contribution in [3.63, 3.8) is 0 Å². The summed E-state index contributed by atoms with van der Waals surface area (Å²) < 4.78 is 11.0. The number of rotatable bonds is 5. The second-order valence-electron chi connectivity index (χ2n) is 8.27. The summed E-state index contributed by atoms with van der Waals surface area (Å²) in [6, 6.07) is 7.41. The van der Waals surface area contributed by atoms with Gasteiger partial charge in [-0.05, 0) is 80.9 Å². The van der Waals surface area contributed by atoms with Gasteiger partial charge in [0.05, 0.1) is 12.2 Å². The Hall–Kier alpha value is -2.55. The third kappa shape index (κ3) is 4.46. The van der Waals surface area contributed by atoms with E-state index in [2.05, 4.69) is 39.8 Å². The van der Waals surface area contributed by atoms with Crippen LogP contribution in [0.4, 0.5) is 0 Å². The van der Waals surface area contributed by atoms with Crippen molar-refractivity contribution in [2.75, 3.05) is 6.61 Å². The normalized spacial score (nSPS) is 17.5. The molecule has 0 spiro atoms. The van der Waals surface area contributed by atoms with Gasteiger partial charge in [-0.25, -0.2) is 4.79 Å². The van der Waals surface area contributed by atoms with Gasteiger partial charge < -0.3 is 9.15 Å². The molecule has 1 aromatic heterocycles. The van der Waals surface area contributed by atoms with Gasteiger partial charge >= 0.3 is 5.97 Å². The third-order valence-corrected chi connectivity index (χ3v) is 5.48. The molecule has 0 atom stereocenters. The van der Waals surface area contributed by atoms with Gasteiger partial charge in [0.1, 0.15) is 11.3 Å². The van der Waals surface area contributed by atoms with E-state index in [4.69, 9.17) is 9.15 Å². The predicted octanol–water partition coefficient (Wildman–Crippen LogP) is 7.10. The molecule has 3 heteroatoms. The molecule has 0 bridgehead atoms. The molecule has 0 saturated carbocycles. The minimum Gasteiger partial charge on any atom is -0.462 e. The molecule has 0 aliphatic heterocycles. The lowest BCUT2D eigenvalue weighted by Gasteiger charge is -2.32. The summed E-state index contributed by atoms with van der Waals surface area (Å²) in [5.41, 5.74) is 5.53. The Morgan fingerprint density at radius 3 is 2.79 bits per heavy atom. The number of allylic oxidation sites excluding steroid dienone is 5. The molecule has 0 unspecified atom stereocenters. The SMILES string of the molecule is CCOC(=O)c1ccc2cc(/C=C(C)/C=C/C3=C(C)CCCC3(C)C)oc2c1. The molecule has 0 fully saturated rings. The molecule has 1 aliphatic rings. The Morgan fingerprint density at radius 1 is 1.29 bits per heavy atom. The van der Waals surface area contributed by atoms with Gasteiger partial charge in [0.15, 0.2) is 0 Å². The number of ether oxygens (including phenoxy) is 1. The van der Waals surface area contributed by atoms with Gasteiger partial charge in [0.25, 0.3) is 0 Å². The molecule has 0 amide bonds. The summed E-state index contributed by atoms with van der Waals surface area (Å²) >= 11 is 0. The van der Waals surface area contributed by atoms with Crippen molar-refractivity contribution in [2.24, 2.45) is 5.41 Å². The molecule has 1 heterocycles. The highest BCUT2D eigenvalue weighted by Gasteiger charge is 2.26. The summed E-state index contributed by atoms with van der Waals surface area (Å²) in [7, 11) is 0. The molecule has 0 radical (unpaired) electrons. The molecule has 148 valence electrons. The number of benzene rings is 1. The Bertz CT molecular complexity index is 967. The summed E-state index contributed by atoms with van der Waals surface area (Å²) in [6.07, 6.45) is 10.2. The largest absolute Gasteiger partial charge is 0.462 e. The van der Waals surface area contributed by atoms with E-state index in [1.807, 2.05) is 18.2 Å². The van der Waals surface area contributed by atoms with Crippen LogP contribution in [-0.2, 0) is 4.74 Å². The summed E-state index contributed by atoms with van der Waals surface area (Å²) in [5, 5.41) is 0.975. The van der Waals surface area contributed by atoms with Crippen LogP contribution in [0.25, 0.3) is 17.0 Å². The van der Waals surface area contributed by atoms with E-state index in [9.17, 15) is 4.79 Å². The predicted molar refractivity (Wildman–Crippen MR) is 115 cm³/mol. The van der Waals surface area contributed by atoms with Gasteiger partial charge in [-0.3, -0.25) is 0 Å². The number of furan rings is 1. The fourth-order valence-electron chi connectivity index (χ4n) is 3.96. The summed E-state index contributed by atoms with van der Waals surface area (Å²) in [5.74, 6) is 0.461. The van der Waals surface area contributed by atoms with Crippen molar-refractivity contribution in [1.82, 2.24) is 0 Å². The van der Waals surface area contributed by atoms with Crippen LogP contribution in [0.2, 0.25) is 0 Å². The lowest BCUT2D eigenvalue weighted by atomic mass is 9.72. The zero-order valence-electron chi connectivity index (χ0n) is 17.6. The monoisotopic (exact) mass is 378 g/mol. The molecule has 0 N–H and O–H groups in total. The highest BCUT2D eigenvalue weighted by atomic mass is 16.5. The topological polar surface area (TPSA) is 39.4 Å². The first-order chi connectivity index (χ1) is 13.3. The van der Waals surface area contributed by atoms with E-state index < -0.39 is 0 Å². The molecule has 1 aromatic carbocycles. The number of hydrogen-bond donors (Lipinski definition) is 0. The smallest absolute Gasteiger partial charge is 0.338 e. The minimum absolute atomic E-state index is 0.238. The van der Waals surface area contributed by atoms with Crippen molar-refractivity contribution in [3.05, 3.63) is 64.5 Å². The first-order valence-electron chi connectivity index (χ1n) is 10.1. The third-order valence-electron chi connectivity index (χ3n) is 5.48. The van der Waals surface area contributed by atoms with E-state index in [1.165, 1.54) is 30.4 Å². The van der Waals surface area contributed by atoms with Crippen LogP contribution in [0.3, 0.4) is 0 Å². The van der Waals surface area contributed by atoms with Gasteiger partial charge in [0, 0.05) is 5.39 Å². The van der Waals surface area contributed by atoms with E-state index >= 15 is 0 Å². The van der Waals surface area contributed by atoms with E-state index in [-0.39, 0.29) is 11.4 Å². The number of fused-ring (bicyclic) bond motifs is 1. The molecular formula is C25H30O3. The Labute approximate surface area is 167 Å². The summed E-state index contributed by atoms with van der Waals surface area (Å²) in [4.78, 5) is 11.9. The average Bonchev–Trinajstić information content (AvgIpc) is 3.02. The van der Waals surface area contributed by atoms with Crippen LogP contribution in [0.5, 0.6) is 0 Å². The van der Waals surface area contributed by atoms with Gasteiger partial charge in [0.2, 0.25) is 0 Å². The van der Waals surface area contributed by atoms with Crippen LogP contribution in [0.15, 0.2) is 57.6 Å². The van der Waals surface area contributed by atoms with Crippen molar-refractivity contribution in [3.8, 4) is 0 Å². The van der Waals surface area contributed by atoms with Crippen LogP contribution < -0.4 is 0 Å². The van der Waals surface area contributed by atoms with Crippen molar-refractivity contribution in [2.45, 2.75) is 53.9 Å². The Balaban J connectivity index is 1.82. The fourth-order valence-corrected chi connectivity index (χ4v) is 3.96. The number of hydrogen-bond acceptors (Lipinski definition) is 3. The Kier molecular flexibility index (Phi) is 5.93. The van der Waals surface area contributed by atoms with Crippen LogP contribution >= 0.6 is 0 Å². The molecule has 1 aliphatic carbocycles. The lowest BCUT2D eigenvalue weighted by molar-refractivity contribution is 0.0526. The Morgan fingerprint density at radius 2 is 2.07 bits per heavy atom. The molecule has 2 aromatic rings. The van der Waals surface area contributed by atoms with Crippen LogP contribution in [0, 0.1) is 5.41 Å². The van der Waals surface area contributed by atoms with Crippen LogP contribution in [0.1, 0.15) is 70.0 Å². The van der Waals surface area contributed by atoms with Gasteiger partial charge in [-0.1, -0.05) is 37.6 Å². The maximum Gasteiger partial charge on any atom is 0.338 e. The molecular weight excluding hydrogens is 348 g/mol. The average molecular weight is 379 g/mol. The van der Waals surface area contributed by atoms with E-state index in [0.717, 1.165) is 16.7 Å². The van der Waals surface area contributed by atoms with Crippen molar-refractivity contribution in [1.29, 1.82) is 0 Å². The first kappa shape index (κ1) is 20.2. The molecule has 0 saturated heterocycles. The maximum atomic E-state index is 11.9. The number of esters is 1. The second-order valence-corrected chi connectivity index (χ2v) is 8.27. The standard InChI is InChI=1S/C25H30O3/c1-6-27-24(26)20-11-10-19-15-21(28-23(19)16-20)14-17(2)9-12-22-18(3)8-7-13-25(22,4)5/h9-12,14-16H,6-8,13H2,1-5H3/b12-9+,17-14+. The number of carbonyl (C=O) groups is 1. The number of carbonyl (C=O) groups excluding carboxylic acids is 1. The molecule has 3 nitrogen and oxygen atoms in total. The highest BCUT2D eigenvalue weighted by Crippen LogP contribution is 2.40. The van der Waals surface area contributed by atoms with E-state index in [0.29, 0.717) is 17.8 Å². The quantitative estimate of drug-likeness (QED) is 0.411. The second kappa shape index (κ2) is 8.22. The molecule has 3 rings (SSSR count). The minimum atomic E-state index is -0.323. The van der Waals surface area contributed by atoms with E-state index in [1.54, 1.807) is 19.1 Å². The van der Waals surface area contributed by atoms with Gasteiger partial charge in [-0.2, -0.15) is 0 Å². The first-order valence-corrected chi connectivity index (χ1v) is 10.1. The zero-order chi connectivity index (χ0) is 20.3. The van der Waals surface area contributed by atoms with Gasteiger partial charge in [-0.15, -0.1) is 0 Å². The zero-order valence-corrected chi connectivity index (χ0v) is 17.6. The van der Waals surface area contributed by atoms with Crippen LogP contribution in [-0.4, -0.2) is 12.6 Å². The summed E-state index contributed by atoms with van der Waals surface area (Å²) in [6.45, 7) is 11.2. The maximum absolute atomic E-state index is 11.9. The highest BCUT2D eigenvalue weighted by molar-refractivity contribution is 5.94. The van der Waals surface area contributed by atoms with Crippen molar-refractivity contribution >= 4 is 23.0 Å². The lowest BCUT2D eigenvalue weighted by Crippen LogP contribution is -2.19.